The van der Waals surface area contributed by atoms with E-state index in [0.29, 0.717) is 5.69 Å². The van der Waals surface area contributed by atoms with Crippen molar-refractivity contribution < 1.29 is 8.42 Å². The van der Waals surface area contributed by atoms with E-state index in [1.165, 1.54) is 10.9 Å². The molecular weight excluding hydrogens is 276 g/mol. The van der Waals surface area contributed by atoms with E-state index in [1.807, 2.05) is 19.1 Å². The van der Waals surface area contributed by atoms with E-state index in [2.05, 4.69) is 9.71 Å². The first-order valence-corrected chi connectivity index (χ1v) is 7.81. The van der Waals surface area contributed by atoms with E-state index in [-0.39, 0.29) is 10.8 Å². The molecule has 0 saturated carbocycles. The number of imidazole rings is 1. The second-order valence-corrected chi connectivity index (χ2v) is 6.16. The van der Waals surface area contributed by atoms with Gasteiger partial charge >= 0.3 is 0 Å². The van der Waals surface area contributed by atoms with Crippen molar-refractivity contribution in [3.05, 3.63) is 36.2 Å². The molecule has 7 heteroatoms. The minimum atomic E-state index is -3.75. The number of benzene rings is 1. The van der Waals surface area contributed by atoms with Crippen LogP contribution in [0.25, 0.3) is 0 Å². The summed E-state index contributed by atoms with van der Waals surface area (Å²) in [5.74, 6) is -0.00651. The molecule has 0 amide bonds. The van der Waals surface area contributed by atoms with Gasteiger partial charge in [0.25, 0.3) is 10.0 Å². The fraction of sp³-hybridized carbons (Fsp3) is 0.308. The molecular formula is C13H18N4O2S. The maximum Gasteiger partial charge on any atom is 0.281 e. The molecule has 1 aromatic carbocycles. The molecule has 1 aromatic heterocycles. The second kappa shape index (κ2) is 5.54. The predicted molar refractivity (Wildman–Crippen MR) is 78.9 cm³/mol. The highest BCUT2D eigenvalue weighted by atomic mass is 32.2. The van der Waals surface area contributed by atoms with E-state index >= 15 is 0 Å². The standard InChI is InChI=1S/C13H18N4O2S/c1-3-6-10-7-4-5-8-11(10)16-20(18,19)13-12(14)15-9-17(13)2/h4-5,7-9,16H,3,6,14H2,1-2H3. The van der Waals surface area contributed by atoms with Crippen molar-refractivity contribution in [2.45, 2.75) is 24.8 Å². The third-order valence-electron chi connectivity index (χ3n) is 2.95. The number of aryl methyl sites for hydroxylation is 2. The van der Waals surface area contributed by atoms with Crippen molar-refractivity contribution in [1.82, 2.24) is 9.55 Å². The van der Waals surface area contributed by atoms with Crippen LogP contribution in [0.4, 0.5) is 11.5 Å². The zero-order valence-corrected chi connectivity index (χ0v) is 12.3. The summed E-state index contributed by atoms with van der Waals surface area (Å²) in [5.41, 5.74) is 7.16. The van der Waals surface area contributed by atoms with Gasteiger partial charge < -0.3 is 10.3 Å². The number of nitrogen functional groups attached to an aromatic ring is 1. The zero-order chi connectivity index (χ0) is 14.8. The first kappa shape index (κ1) is 14.4. The third kappa shape index (κ3) is 2.77. The Hall–Kier alpha value is -2.02. The lowest BCUT2D eigenvalue weighted by molar-refractivity contribution is 0.592. The van der Waals surface area contributed by atoms with E-state index in [4.69, 9.17) is 5.73 Å². The molecule has 0 radical (unpaired) electrons. The molecule has 0 atom stereocenters. The minimum absolute atomic E-state index is 0.00651. The van der Waals surface area contributed by atoms with Crippen molar-refractivity contribution in [3.63, 3.8) is 0 Å². The van der Waals surface area contributed by atoms with Gasteiger partial charge in [-0.25, -0.2) is 4.98 Å². The summed E-state index contributed by atoms with van der Waals surface area (Å²) in [6.07, 6.45) is 3.12. The molecule has 2 aromatic rings. The average molecular weight is 294 g/mol. The van der Waals surface area contributed by atoms with E-state index in [1.54, 1.807) is 19.2 Å². The van der Waals surface area contributed by atoms with Crippen LogP contribution >= 0.6 is 0 Å². The van der Waals surface area contributed by atoms with Gasteiger partial charge in [0.05, 0.1) is 12.0 Å². The number of aromatic nitrogens is 2. The maximum atomic E-state index is 12.4. The highest BCUT2D eigenvalue weighted by Crippen LogP contribution is 2.23. The van der Waals surface area contributed by atoms with Crippen LogP contribution in [0.15, 0.2) is 35.6 Å². The molecule has 0 saturated heterocycles. The van der Waals surface area contributed by atoms with Gasteiger partial charge in [-0.3, -0.25) is 4.72 Å². The lowest BCUT2D eigenvalue weighted by Gasteiger charge is -2.12. The summed E-state index contributed by atoms with van der Waals surface area (Å²) in [4.78, 5) is 3.80. The highest BCUT2D eigenvalue weighted by Gasteiger charge is 2.23. The molecule has 0 bridgehead atoms. The Labute approximate surface area is 118 Å². The number of para-hydroxylation sites is 1. The van der Waals surface area contributed by atoms with E-state index in [9.17, 15) is 8.42 Å². The van der Waals surface area contributed by atoms with Gasteiger partial charge in [0, 0.05) is 7.05 Å². The van der Waals surface area contributed by atoms with Gasteiger partial charge in [0.2, 0.25) is 0 Å². The molecule has 0 unspecified atom stereocenters. The Kier molecular flexibility index (Phi) is 3.99. The number of nitrogens with zero attached hydrogens (tertiary/aromatic N) is 2. The molecule has 3 N–H and O–H groups in total. The zero-order valence-electron chi connectivity index (χ0n) is 11.5. The first-order valence-electron chi connectivity index (χ1n) is 6.33. The van der Waals surface area contributed by atoms with Crippen LogP contribution < -0.4 is 10.5 Å². The first-order chi connectivity index (χ1) is 9.45. The summed E-state index contributed by atoms with van der Waals surface area (Å²) >= 11 is 0. The molecule has 108 valence electrons. The molecule has 6 nitrogen and oxygen atoms in total. The number of hydrogen-bond donors (Lipinski definition) is 2. The molecule has 1 heterocycles. The van der Waals surface area contributed by atoms with Crippen LogP contribution in [0, 0.1) is 0 Å². The van der Waals surface area contributed by atoms with Crippen molar-refractivity contribution in [2.75, 3.05) is 10.5 Å². The van der Waals surface area contributed by atoms with Gasteiger partial charge in [-0.2, -0.15) is 8.42 Å². The number of nitrogens with one attached hydrogen (secondary N) is 1. The summed E-state index contributed by atoms with van der Waals surface area (Å²) in [6.45, 7) is 2.05. The third-order valence-corrected chi connectivity index (χ3v) is 4.44. The van der Waals surface area contributed by atoms with Crippen LogP contribution in [-0.4, -0.2) is 18.0 Å². The van der Waals surface area contributed by atoms with Gasteiger partial charge in [0.1, 0.15) is 0 Å². The van der Waals surface area contributed by atoms with Crippen LogP contribution in [0.5, 0.6) is 0 Å². The lowest BCUT2D eigenvalue weighted by atomic mass is 10.1. The smallest absolute Gasteiger partial charge is 0.281 e. The summed E-state index contributed by atoms with van der Waals surface area (Å²) in [5, 5.41) is -0.0243. The summed E-state index contributed by atoms with van der Waals surface area (Å²) in [7, 11) is -2.15. The van der Waals surface area contributed by atoms with Crippen LogP contribution in [0.1, 0.15) is 18.9 Å². The normalized spacial score (nSPS) is 11.5. The van der Waals surface area contributed by atoms with Crippen LogP contribution in [-0.2, 0) is 23.5 Å². The molecule has 0 aliphatic heterocycles. The highest BCUT2D eigenvalue weighted by molar-refractivity contribution is 7.92. The second-order valence-electron chi connectivity index (χ2n) is 4.56. The van der Waals surface area contributed by atoms with Crippen LogP contribution in [0.3, 0.4) is 0 Å². The fourth-order valence-electron chi connectivity index (χ4n) is 2.06. The van der Waals surface area contributed by atoms with Gasteiger partial charge in [-0.15, -0.1) is 0 Å². The molecule has 0 spiro atoms. The molecule has 2 rings (SSSR count). The van der Waals surface area contributed by atoms with Crippen molar-refractivity contribution in [2.24, 2.45) is 7.05 Å². The Balaban J connectivity index is 2.39. The molecule has 0 fully saturated rings. The van der Waals surface area contributed by atoms with Gasteiger partial charge in [-0.05, 0) is 18.1 Å². The SMILES string of the molecule is CCCc1ccccc1NS(=O)(=O)c1c(N)ncn1C. The predicted octanol–water partition coefficient (Wildman–Crippen LogP) is 1.76. The van der Waals surface area contributed by atoms with E-state index < -0.39 is 10.0 Å². The van der Waals surface area contributed by atoms with Crippen molar-refractivity contribution >= 4 is 21.5 Å². The largest absolute Gasteiger partial charge is 0.381 e. The molecule has 0 aliphatic rings. The van der Waals surface area contributed by atoms with Gasteiger partial charge in [0.15, 0.2) is 10.8 Å². The Morgan fingerprint density at radius 1 is 1.35 bits per heavy atom. The summed E-state index contributed by atoms with van der Waals surface area (Å²) < 4.78 is 28.8. The lowest BCUT2D eigenvalue weighted by Crippen LogP contribution is -2.18. The quantitative estimate of drug-likeness (QED) is 0.879. The van der Waals surface area contributed by atoms with E-state index in [0.717, 1.165) is 18.4 Å². The average Bonchev–Trinajstić information content (AvgIpc) is 2.72. The number of nitrogens with two attached hydrogens (primary N) is 1. The number of hydrogen-bond acceptors (Lipinski definition) is 4. The van der Waals surface area contributed by atoms with Crippen molar-refractivity contribution in [1.29, 1.82) is 0 Å². The number of anilines is 2. The number of rotatable bonds is 5. The summed E-state index contributed by atoms with van der Waals surface area (Å²) in [6, 6.07) is 7.34. The Morgan fingerprint density at radius 2 is 2.05 bits per heavy atom. The Morgan fingerprint density at radius 3 is 2.65 bits per heavy atom. The minimum Gasteiger partial charge on any atom is -0.381 e. The monoisotopic (exact) mass is 294 g/mol. The fourth-order valence-corrected chi connectivity index (χ4v) is 3.40. The molecule has 20 heavy (non-hydrogen) atoms. The van der Waals surface area contributed by atoms with Gasteiger partial charge in [-0.1, -0.05) is 31.5 Å². The maximum absolute atomic E-state index is 12.4. The van der Waals surface area contributed by atoms with Crippen molar-refractivity contribution in [3.8, 4) is 0 Å². The molecule has 0 aliphatic carbocycles. The number of sulfonamides is 1. The van der Waals surface area contributed by atoms with Crippen LogP contribution in [0.2, 0.25) is 0 Å². The topological polar surface area (TPSA) is 90.0 Å². The Bertz CT molecular complexity index is 687.